The summed E-state index contributed by atoms with van der Waals surface area (Å²) >= 11 is 0. The molecule has 0 amide bonds. The van der Waals surface area contributed by atoms with Crippen molar-refractivity contribution in [2.45, 2.75) is 78.2 Å². The Hall–Kier alpha value is -4.14. The Morgan fingerprint density at radius 2 is 1.36 bits per heavy atom. The summed E-state index contributed by atoms with van der Waals surface area (Å²) in [4.78, 5) is 48.1. The zero-order valence-corrected chi connectivity index (χ0v) is 28.2. The second-order valence-corrected chi connectivity index (χ2v) is 13.1. The molecule has 47 heavy (non-hydrogen) atoms. The first kappa shape index (κ1) is 34.2. The summed E-state index contributed by atoms with van der Waals surface area (Å²) in [6, 6.07) is 23.6. The number of anilines is 3. The molecule has 1 saturated heterocycles. The van der Waals surface area contributed by atoms with Crippen LogP contribution in [0.4, 0.5) is 17.1 Å². The lowest BCUT2D eigenvalue weighted by molar-refractivity contribution is -0.140. The Morgan fingerprint density at radius 1 is 0.830 bits per heavy atom. The summed E-state index contributed by atoms with van der Waals surface area (Å²) in [7, 11) is 0. The molecule has 0 N–H and O–H groups in total. The van der Waals surface area contributed by atoms with Crippen LogP contribution in [0.25, 0.3) is 0 Å². The Morgan fingerprint density at radius 3 is 1.89 bits per heavy atom. The molecule has 1 saturated carbocycles. The van der Waals surface area contributed by atoms with E-state index in [0.717, 1.165) is 62.3 Å². The topological polar surface area (TPSA) is 88.5 Å². The highest BCUT2D eigenvalue weighted by Gasteiger charge is 2.36. The first-order valence-electron chi connectivity index (χ1n) is 16.9. The Kier molecular flexibility index (Phi) is 11.4. The second-order valence-electron chi connectivity index (χ2n) is 13.1. The quantitative estimate of drug-likeness (QED) is 0.0859. The number of hydrogen-bond donors (Lipinski definition) is 0. The number of ketones is 2. The lowest BCUT2D eigenvalue weighted by atomic mass is 9.84. The fraction of sp³-hybridized carbons (Fsp3) is 0.436. The zero-order chi connectivity index (χ0) is 33.4. The van der Waals surface area contributed by atoms with E-state index >= 15 is 0 Å². The summed E-state index contributed by atoms with van der Waals surface area (Å²) < 4.78 is 5.50. The van der Waals surface area contributed by atoms with Crippen LogP contribution in [0.3, 0.4) is 0 Å². The van der Waals surface area contributed by atoms with Crippen LogP contribution in [-0.2, 0) is 20.8 Å². The van der Waals surface area contributed by atoms with Gasteiger partial charge in [0.1, 0.15) is 5.71 Å². The highest BCUT2D eigenvalue weighted by molar-refractivity contribution is 6.46. The van der Waals surface area contributed by atoms with Gasteiger partial charge in [-0.15, -0.1) is 0 Å². The number of rotatable bonds is 12. The summed E-state index contributed by atoms with van der Waals surface area (Å²) in [5, 5.41) is 4.00. The summed E-state index contributed by atoms with van der Waals surface area (Å²) in [5.74, 6) is -0.339. The van der Waals surface area contributed by atoms with Crippen molar-refractivity contribution in [1.29, 1.82) is 0 Å². The number of nitrogens with zero attached hydrogens (tertiary/aromatic N) is 3. The van der Waals surface area contributed by atoms with Gasteiger partial charge in [-0.25, -0.2) is 4.79 Å². The van der Waals surface area contributed by atoms with Gasteiger partial charge in [-0.05, 0) is 98.8 Å². The smallest absolute Gasteiger partial charge is 0.331 e. The molecule has 8 nitrogen and oxygen atoms in total. The molecule has 0 radical (unpaired) electrons. The van der Waals surface area contributed by atoms with Crippen molar-refractivity contribution in [2.75, 3.05) is 31.2 Å². The van der Waals surface area contributed by atoms with Crippen LogP contribution in [0.1, 0.15) is 92.5 Å². The number of morpholine rings is 1. The number of carbonyl (C=O) groups is 3. The number of aryl methyl sites for hydroxylation is 1. The average Bonchev–Trinajstić information content (AvgIpc) is 3.11. The first-order chi connectivity index (χ1) is 22.7. The summed E-state index contributed by atoms with van der Waals surface area (Å²) in [6.45, 7) is 10.1. The molecule has 0 unspecified atom stereocenters. The van der Waals surface area contributed by atoms with Gasteiger partial charge < -0.3 is 14.5 Å². The maximum atomic E-state index is 13.7. The molecule has 2 aliphatic rings. The number of benzene rings is 3. The van der Waals surface area contributed by atoms with Gasteiger partial charge in [0.15, 0.2) is 5.78 Å². The predicted molar refractivity (Wildman–Crippen MR) is 186 cm³/mol. The van der Waals surface area contributed by atoms with Crippen LogP contribution in [0, 0.1) is 5.92 Å². The van der Waals surface area contributed by atoms with Crippen molar-refractivity contribution < 1.29 is 24.0 Å². The van der Waals surface area contributed by atoms with Gasteiger partial charge in [0.25, 0.3) is 0 Å². The fourth-order valence-corrected chi connectivity index (χ4v) is 6.59. The molecule has 0 atom stereocenters. The molecule has 1 heterocycles. The Labute approximate surface area is 278 Å². The van der Waals surface area contributed by atoms with E-state index in [0.29, 0.717) is 36.7 Å². The van der Waals surface area contributed by atoms with Gasteiger partial charge in [0.05, 0.1) is 18.8 Å². The average molecular weight is 638 g/mol. The van der Waals surface area contributed by atoms with E-state index < -0.39 is 11.5 Å². The molecule has 3 aromatic rings. The number of Topliss-reactive ketones (excluding diaryl/α,β-unsaturated/α-hetero) is 2. The highest BCUT2D eigenvalue weighted by atomic mass is 16.7. The summed E-state index contributed by atoms with van der Waals surface area (Å²) in [5.41, 5.74) is 4.74. The molecule has 248 valence electrons. The van der Waals surface area contributed by atoms with Gasteiger partial charge >= 0.3 is 5.97 Å². The maximum Gasteiger partial charge on any atom is 0.331 e. The van der Waals surface area contributed by atoms with Crippen molar-refractivity contribution in [3.8, 4) is 0 Å². The van der Waals surface area contributed by atoms with E-state index in [4.69, 9.17) is 9.57 Å². The third kappa shape index (κ3) is 8.42. The SMILES string of the molecule is CCc1ccc(N(c2ccc(C(=O)/C(CC3CCCCC3)=N/OC(C)=O)cc2)c2ccc(C(=O)C(C)(C)N3CCOCC3)cc2)cc1. The predicted octanol–water partition coefficient (Wildman–Crippen LogP) is 8.08. The van der Waals surface area contributed by atoms with Gasteiger partial charge in [-0.1, -0.05) is 56.3 Å². The minimum absolute atomic E-state index is 0.0760. The third-order valence-corrected chi connectivity index (χ3v) is 9.49. The third-order valence-electron chi connectivity index (χ3n) is 9.49. The molecule has 3 aromatic carbocycles. The van der Waals surface area contributed by atoms with Gasteiger partial charge in [0, 0.05) is 48.2 Å². The van der Waals surface area contributed by atoms with Crippen LogP contribution < -0.4 is 4.90 Å². The van der Waals surface area contributed by atoms with E-state index in [1.54, 1.807) is 12.1 Å². The van der Waals surface area contributed by atoms with E-state index in [9.17, 15) is 14.4 Å². The molecule has 1 aliphatic carbocycles. The lowest BCUT2D eigenvalue weighted by Gasteiger charge is -2.39. The molecule has 0 spiro atoms. The van der Waals surface area contributed by atoms with Crippen LogP contribution in [0.5, 0.6) is 0 Å². The molecule has 2 fully saturated rings. The minimum atomic E-state index is -0.641. The van der Waals surface area contributed by atoms with Crippen LogP contribution >= 0.6 is 0 Å². The normalized spacial score (nSPS) is 16.5. The van der Waals surface area contributed by atoms with E-state index in [1.165, 1.54) is 18.9 Å². The minimum Gasteiger partial charge on any atom is -0.379 e. The fourth-order valence-electron chi connectivity index (χ4n) is 6.59. The van der Waals surface area contributed by atoms with E-state index in [2.05, 4.69) is 46.1 Å². The van der Waals surface area contributed by atoms with Crippen LogP contribution in [-0.4, -0.2) is 60.0 Å². The zero-order valence-electron chi connectivity index (χ0n) is 28.2. The number of ether oxygens (including phenoxy) is 1. The number of carbonyl (C=O) groups excluding carboxylic acids is 3. The van der Waals surface area contributed by atoms with Gasteiger partial charge in [-0.3, -0.25) is 14.5 Å². The van der Waals surface area contributed by atoms with Crippen molar-refractivity contribution in [2.24, 2.45) is 11.1 Å². The van der Waals surface area contributed by atoms with Crippen LogP contribution in [0.15, 0.2) is 78.0 Å². The monoisotopic (exact) mass is 637 g/mol. The largest absolute Gasteiger partial charge is 0.379 e. The van der Waals surface area contributed by atoms with Crippen molar-refractivity contribution in [3.63, 3.8) is 0 Å². The van der Waals surface area contributed by atoms with Crippen molar-refractivity contribution >= 4 is 40.3 Å². The molecule has 5 rings (SSSR count). The maximum absolute atomic E-state index is 13.7. The van der Waals surface area contributed by atoms with Gasteiger partial charge in [-0.2, -0.15) is 0 Å². The standard InChI is InChI=1S/C39H47N3O5/c1-5-29-11-17-33(18-12-29)42(35-21-15-32(16-22-35)38(45)39(3,4)41-23-25-46-26-24-41)34-19-13-31(14-20-34)37(44)36(40-47-28(2)43)27-30-9-7-6-8-10-30/h11-22,30H,5-10,23-27H2,1-4H3/b40-36+. The van der Waals surface area contributed by atoms with Crippen LogP contribution in [0.2, 0.25) is 0 Å². The second kappa shape index (κ2) is 15.6. The van der Waals surface area contributed by atoms with E-state index in [1.807, 2.05) is 50.2 Å². The molecule has 1 aliphatic heterocycles. The summed E-state index contributed by atoms with van der Waals surface area (Å²) in [6.07, 6.45) is 7.03. The van der Waals surface area contributed by atoms with Crippen molar-refractivity contribution in [1.82, 2.24) is 4.90 Å². The van der Waals surface area contributed by atoms with Gasteiger partial charge in [0.2, 0.25) is 5.78 Å². The molecule has 0 bridgehead atoms. The Bertz CT molecular complexity index is 1550. The van der Waals surface area contributed by atoms with Crippen molar-refractivity contribution in [3.05, 3.63) is 89.5 Å². The first-order valence-corrected chi connectivity index (χ1v) is 16.9. The number of oxime groups is 1. The van der Waals surface area contributed by atoms with E-state index in [-0.39, 0.29) is 17.3 Å². The molecular formula is C39H47N3O5. The molecular weight excluding hydrogens is 590 g/mol. The number of hydrogen-bond acceptors (Lipinski definition) is 8. The highest BCUT2D eigenvalue weighted by Crippen LogP contribution is 2.36. The Balaban J connectivity index is 1.42. The molecule has 8 heteroatoms. The lowest BCUT2D eigenvalue weighted by Crippen LogP contribution is -2.54. The molecule has 0 aromatic heterocycles.